The summed E-state index contributed by atoms with van der Waals surface area (Å²) in [5.74, 6) is 0.443. The Balaban J connectivity index is 1.60. The van der Waals surface area contributed by atoms with E-state index >= 15 is 0 Å². The fraction of sp³-hybridized carbons (Fsp3) is 0.400. The van der Waals surface area contributed by atoms with Crippen LogP contribution in [0.2, 0.25) is 0 Å². The molecule has 1 fully saturated rings. The number of amidine groups is 1. The van der Waals surface area contributed by atoms with Crippen molar-refractivity contribution < 1.29 is 0 Å². The van der Waals surface area contributed by atoms with Crippen LogP contribution < -0.4 is 11.3 Å². The van der Waals surface area contributed by atoms with Crippen molar-refractivity contribution >= 4 is 49.3 Å². The lowest BCUT2D eigenvalue weighted by Gasteiger charge is -2.32. The van der Waals surface area contributed by atoms with Crippen molar-refractivity contribution in [2.75, 3.05) is 0 Å². The van der Waals surface area contributed by atoms with Crippen molar-refractivity contribution in [3.8, 4) is 0 Å². The molecule has 0 amide bonds. The number of hydrogen-bond acceptors (Lipinski definition) is 6. The molecule has 7 nitrogen and oxygen atoms in total. The summed E-state index contributed by atoms with van der Waals surface area (Å²) in [6.45, 7) is 2.53. The van der Waals surface area contributed by atoms with Crippen LogP contribution in [-0.2, 0) is 6.54 Å². The molecule has 144 valence electrons. The summed E-state index contributed by atoms with van der Waals surface area (Å²) < 4.78 is 2.88. The van der Waals surface area contributed by atoms with Gasteiger partial charge in [0.05, 0.1) is 11.9 Å². The van der Waals surface area contributed by atoms with Crippen molar-refractivity contribution in [1.29, 1.82) is 0 Å². The van der Waals surface area contributed by atoms with Gasteiger partial charge in [-0.2, -0.15) is 5.10 Å². The van der Waals surface area contributed by atoms with Gasteiger partial charge >= 0.3 is 0 Å². The molecule has 5 rings (SSSR count). The molecule has 1 aliphatic carbocycles. The maximum Gasteiger partial charge on any atom is 0.259 e. The molecular formula is C20H21IN6O. The monoisotopic (exact) mass is 488 g/mol. The average molecular weight is 488 g/mol. The van der Waals surface area contributed by atoms with Crippen LogP contribution in [0.1, 0.15) is 36.6 Å². The van der Waals surface area contributed by atoms with Gasteiger partial charge in [0.15, 0.2) is 6.17 Å². The SMILES string of the molecule is Cc1cccc2cc(CN3N=C(I)C4C(N)=NC=NC43)n(C3CCC3)c(=O)c12. The number of hydrazone groups is 1. The molecule has 1 aromatic heterocycles. The zero-order valence-electron chi connectivity index (χ0n) is 15.5. The highest BCUT2D eigenvalue weighted by Gasteiger charge is 2.40. The van der Waals surface area contributed by atoms with Gasteiger partial charge in [-0.1, -0.05) is 18.2 Å². The Morgan fingerprint density at radius 2 is 2.14 bits per heavy atom. The third-order valence-electron chi connectivity index (χ3n) is 5.96. The first-order chi connectivity index (χ1) is 13.5. The van der Waals surface area contributed by atoms with Gasteiger partial charge in [0.2, 0.25) is 0 Å². The van der Waals surface area contributed by atoms with Gasteiger partial charge in [0, 0.05) is 11.7 Å². The normalized spacial score (nSPS) is 24.1. The minimum Gasteiger partial charge on any atom is -0.386 e. The highest BCUT2D eigenvalue weighted by atomic mass is 127. The maximum atomic E-state index is 13.4. The van der Waals surface area contributed by atoms with Gasteiger partial charge in [-0.05, 0) is 65.8 Å². The predicted molar refractivity (Wildman–Crippen MR) is 120 cm³/mol. The molecule has 2 N–H and O–H groups in total. The second-order valence-corrected chi connectivity index (χ2v) is 8.77. The van der Waals surface area contributed by atoms with E-state index in [2.05, 4.69) is 38.6 Å². The number of aromatic nitrogens is 1. The molecule has 1 aromatic carbocycles. The molecule has 0 bridgehead atoms. The molecule has 2 aliphatic heterocycles. The lowest BCUT2D eigenvalue weighted by Crippen LogP contribution is -2.42. The second-order valence-electron chi connectivity index (χ2n) is 7.66. The van der Waals surface area contributed by atoms with Crippen molar-refractivity contribution in [3.05, 3.63) is 45.9 Å². The maximum absolute atomic E-state index is 13.4. The molecule has 2 aromatic rings. The minimum atomic E-state index is -0.192. The number of benzene rings is 1. The number of rotatable bonds is 3. The molecule has 1 saturated carbocycles. The van der Waals surface area contributed by atoms with Crippen LogP contribution in [0.3, 0.4) is 0 Å². The van der Waals surface area contributed by atoms with Crippen LogP contribution >= 0.6 is 22.6 Å². The number of hydrogen-bond donors (Lipinski definition) is 1. The minimum absolute atomic E-state index is 0.0998. The van der Waals surface area contributed by atoms with E-state index < -0.39 is 0 Å². The van der Waals surface area contributed by atoms with Crippen molar-refractivity contribution in [2.45, 2.75) is 44.9 Å². The van der Waals surface area contributed by atoms with Crippen LogP contribution in [0.4, 0.5) is 0 Å². The molecular weight excluding hydrogens is 467 g/mol. The number of nitrogens with two attached hydrogens (primary N) is 1. The molecule has 0 saturated heterocycles. The van der Waals surface area contributed by atoms with E-state index in [1.54, 1.807) is 0 Å². The number of fused-ring (bicyclic) bond motifs is 2. The van der Waals surface area contributed by atoms with Crippen molar-refractivity contribution in [3.63, 3.8) is 0 Å². The number of aliphatic imine (C=N–C) groups is 2. The average Bonchev–Trinajstić information content (AvgIpc) is 2.93. The number of aryl methyl sites for hydroxylation is 1. The first kappa shape index (κ1) is 17.8. The predicted octanol–water partition coefficient (Wildman–Crippen LogP) is 2.94. The van der Waals surface area contributed by atoms with Crippen LogP contribution in [-0.4, -0.2) is 31.6 Å². The van der Waals surface area contributed by atoms with Crippen molar-refractivity contribution in [1.82, 2.24) is 9.58 Å². The molecule has 0 radical (unpaired) electrons. The Morgan fingerprint density at radius 1 is 1.32 bits per heavy atom. The first-order valence-corrected chi connectivity index (χ1v) is 10.6. The number of pyridine rings is 1. The van der Waals surface area contributed by atoms with E-state index in [-0.39, 0.29) is 23.7 Å². The second kappa shape index (κ2) is 6.68. The summed E-state index contributed by atoms with van der Waals surface area (Å²) >= 11 is 2.21. The lowest BCUT2D eigenvalue weighted by atomic mass is 9.91. The van der Waals surface area contributed by atoms with E-state index in [0.717, 1.165) is 38.6 Å². The van der Waals surface area contributed by atoms with Gasteiger partial charge in [-0.25, -0.2) is 9.98 Å². The smallest absolute Gasteiger partial charge is 0.259 e. The summed E-state index contributed by atoms with van der Waals surface area (Å²) in [7, 11) is 0. The van der Waals surface area contributed by atoms with Crippen LogP contribution in [0.25, 0.3) is 10.8 Å². The van der Waals surface area contributed by atoms with Gasteiger partial charge in [0.1, 0.15) is 21.8 Å². The summed E-state index contributed by atoms with van der Waals surface area (Å²) in [6, 6.07) is 8.44. The first-order valence-electron chi connectivity index (χ1n) is 9.54. The summed E-state index contributed by atoms with van der Waals surface area (Å²) in [5.41, 5.74) is 8.20. The van der Waals surface area contributed by atoms with Gasteiger partial charge in [-0.3, -0.25) is 9.80 Å². The van der Waals surface area contributed by atoms with Crippen LogP contribution in [0.5, 0.6) is 0 Å². The number of nitrogens with zero attached hydrogens (tertiary/aromatic N) is 5. The zero-order chi connectivity index (χ0) is 19.4. The Hall–Kier alpha value is -2.23. The number of halogens is 1. The Morgan fingerprint density at radius 3 is 2.89 bits per heavy atom. The van der Waals surface area contributed by atoms with E-state index in [1.165, 1.54) is 12.8 Å². The van der Waals surface area contributed by atoms with E-state index in [1.807, 2.05) is 34.7 Å². The standard InChI is InChI=1S/C20H21IN6O/c1-11-4-2-5-12-8-14(27(13-6-3-7-13)20(28)15(11)12)9-26-19-16(17(21)25-26)18(22)23-10-24-19/h2,4-5,8,10,13,16,19H,3,6-7,9H2,1H3,(H2,22,23,24). The third-order valence-corrected chi connectivity index (χ3v) is 6.85. The molecule has 0 spiro atoms. The fourth-order valence-corrected chi connectivity index (χ4v) is 5.21. The zero-order valence-corrected chi connectivity index (χ0v) is 17.7. The van der Waals surface area contributed by atoms with E-state index in [0.29, 0.717) is 12.4 Å². The van der Waals surface area contributed by atoms with Gasteiger partial charge in [-0.15, -0.1) is 0 Å². The summed E-state index contributed by atoms with van der Waals surface area (Å²) in [6.07, 6.45) is 4.59. The Bertz CT molecular complexity index is 1110. The van der Waals surface area contributed by atoms with E-state index in [9.17, 15) is 4.79 Å². The lowest BCUT2D eigenvalue weighted by molar-refractivity contribution is 0.200. The Kier molecular flexibility index (Phi) is 4.26. The Labute approximate surface area is 176 Å². The van der Waals surface area contributed by atoms with Crippen molar-refractivity contribution in [2.24, 2.45) is 26.7 Å². The fourth-order valence-electron chi connectivity index (χ4n) is 4.29. The van der Waals surface area contributed by atoms with Gasteiger partial charge in [0.25, 0.3) is 5.56 Å². The van der Waals surface area contributed by atoms with Crippen LogP contribution in [0.15, 0.2) is 44.1 Å². The molecule has 28 heavy (non-hydrogen) atoms. The highest BCUT2D eigenvalue weighted by molar-refractivity contribution is 14.1. The van der Waals surface area contributed by atoms with E-state index in [4.69, 9.17) is 10.8 Å². The molecule has 2 atom stereocenters. The summed E-state index contributed by atoms with van der Waals surface area (Å²) in [5, 5.41) is 8.44. The third kappa shape index (κ3) is 2.68. The largest absolute Gasteiger partial charge is 0.386 e. The highest BCUT2D eigenvalue weighted by Crippen LogP contribution is 2.34. The topological polar surface area (TPSA) is 88.3 Å². The molecule has 3 aliphatic rings. The summed E-state index contributed by atoms with van der Waals surface area (Å²) in [4.78, 5) is 22.1. The molecule has 2 unspecified atom stereocenters. The quantitative estimate of drug-likeness (QED) is 0.675. The van der Waals surface area contributed by atoms with Gasteiger partial charge < -0.3 is 10.3 Å². The van der Waals surface area contributed by atoms with Crippen LogP contribution in [0, 0.1) is 12.8 Å². The molecule has 3 heterocycles. The molecule has 8 heteroatoms.